The molecule has 16 heavy (non-hydrogen) atoms. The lowest BCUT2D eigenvalue weighted by Crippen LogP contribution is -2.45. The second kappa shape index (κ2) is 6.50. The molecule has 3 nitrogen and oxygen atoms in total. The maximum absolute atomic E-state index is 11.3. The van der Waals surface area contributed by atoms with Crippen LogP contribution in [0.25, 0.3) is 0 Å². The molecule has 94 valence electrons. The van der Waals surface area contributed by atoms with Gasteiger partial charge < -0.3 is 10.1 Å². The Hall–Kier alpha value is -0.220. The Kier molecular flexibility index (Phi) is 5.62. The van der Waals surface area contributed by atoms with Crippen LogP contribution >= 0.6 is 11.8 Å². The fourth-order valence-electron chi connectivity index (χ4n) is 2.25. The minimum Gasteiger partial charge on any atom is -0.468 e. The molecular weight excluding hydrogens is 222 g/mol. The molecule has 1 atom stereocenters. The molecule has 1 aliphatic carbocycles. The Balaban J connectivity index is 2.41. The summed E-state index contributed by atoms with van der Waals surface area (Å²) in [7, 11) is 1.44. The molecule has 0 bridgehead atoms. The highest BCUT2D eigenvalue weighted by Gasteiger charge is 2.31. The highest BCUT2D eigenvalue weighted by molar-refractivity contribution is 8.00. The fraction of sp³-hybridized carbons (Fsp3) is 0.917. The van der Waals surface area contributed by atoms with Gasteiger partial charge in [-0.15, -0.1) is 0 Å². The van der Waals surface area contributed by atoms with E-state index >= 15 is 0 Å². The number of thioether (sulfide) groups is 1. The van der Waals surface area contributed by atoms with Crippen molar-refractivity contribution >= 4 is 17.7 Å². The lowest BCUT2D eigenvalue weighted by atomic mass is 9.88. The first kappa shape index (κ1) is 13.8. The molecule has 1 saturated carbocycles. The van der Waals surface area contributed by atoms with Gasteiger partial charge in [0, 0.05) is 11.3 Å². The number of carbonyl (C=O) groups is 1. The van der Waals surface area contributed by atoms with Crippen LogP contribution in [0.3, 0.4) is 0 Å². The van der Waals surface area contributed by atoms with Gasteiger partial charge in [0.15, 0.2) is 0 Å². The monoisotopic (exact) mass is 245 g/mol. The predicted molar refractivity (Wildman–Crippen MR) is 68.8 cm³/mol. The lowest BCUT2D eigenvalue weighted by Gasteiger charge is -2.36. The van der Waals surface area contributed by atoms with Gasteiger partial charge in [-0.25, -0.2) is 0 Å². The molecule has 0 aliphatic heterocycles. The summed E-state index contributed by atoms with van der Waals surface area (Å²) in [6.45, 7) is 2.77. The summed E-state index contributed by atoms with van der Waals surface area (Å²) in [4.78, 5) is 11.3. The third-order valence-electron chi connectivity index (χ3n) is 3.48. The summed E-state index contributed by atoms with van der Waals surface area (Å²) in [6.07, 6.45) is 8.68. The van der Waals surface area contributed by atoms with E-state index < -0.39 is 0 Å². The number of hydrogen-bond donors (Lipinski definition) is 1. The van der Waals surface area contributed by atoms with E-state index in [-0.39, 0.29) is 12.0 Å². The number of methoxy groups -OCH3 is 1. The summed E-state index contributed by atoms with van der Waals surface area (Å²) in [6, 6.07) is -0.198. The first-order valence-electron chi connectivity index (χ1n) is 6.00. The second-order valence-corrected chi connectivity index (χ2v) is 5.85. The molecule has 0 amide bonds. The van der Waals surface area contributed by atoms with Crippen LogP contribution in [0.2, 0.25) is 0 Å². The van der Waals surface area contributed by atoms with Crippen molar-refractivity contribution in [2.45, 2.75) is 49.8 Å². The van der Waals surface area contributed by atoms with Crippen LogP contribution in [-0.2, 0) is 9.53 Å². The zero-order valence-electron chi connectivity index (χ0n) is 10.5. The van der Waals surface area contributed by atoms with Crippen molar-refractivity contribution in [2.24, 2.45) is 0 Å². The van der Waals surface area contributed by atoms with Crippen molar-refractivity contribution in [3.63, 3.8) is 0 Å². The SMILES string of the molecule is COC(=O)C(C)NCC1(SC)CCCCC1. The lowest BCUT2D eigenvalue weighted by molar-refractivity contribution is -0.142. The Morgan fingerprint density at radius 3 is 2.56 bits per heavy atom. The second-order valence-electron chi connectivity index (χ2n) is 4.57. The maximum Gasteiger partial charge on any atom is 0.322 e. The molecule has 0 aromatic carbocycles. The van der Waals surface area contributed by atoms with Gasteiger partial charge >= 0.3 is 5.97 Å². The quantitative estimate of drug-likeness (QED) is 0.754. The molecule has 1 fully saturated rings. The summed E-state index contributed by atoms with van der Waals surface area (Å²) in [5.41, 5.74) is 0. The highest BCUT2D eigenvalue weighted by Crippen LogP contribution is 2.37. The van der Waals surface area contributed by atoms with Crippen LogP contribution in [0.1, 0.15) is 39.0 Å². The predicted octanol–water partition coefficient (Wildman–Crippen LogP) is 2.20. The zero-order chi connectivity index (χ0) is 12.0. The van der Waals surface area contributed by atoms with Crippen molar-refractivity contribution in [3.8, 4) is 0 Å². The van der Waals surface area contributed by atoms with Crippen LogP contribution in [0.5, 0.6) is 0 Å². The van der Waals surface area contributed by atoms with E-state index in [9.17, 15) is 4.79 Å². The highest BCUT2D eigenvalue weighted by atomic mass is 32.2. The van der Waals surface area contributed by atoms with Crippen LogP contribution in [0, 0.1) is 0 Å². The topological polar surface area (TPSA) is 38.3 Å². The number of rotatable bonds is 5. The van der Waals surface area contributed by atoms with Gasteiger partial charge in [-0.1, -0.05) is 19.3 Å². The number of ether oxygens (including phenoxy) is 1. The van der Waals surface area contributed by atoms with Crippen LogP contribution in [-0.4, -0.2) is 36.7 Å². The molecule has 0 radical (unpaired) electrons. The molecule has 1 unspecified atom stereocenters. The molecule has 0 saturated heterocycles. The molecule has 1 N–H and O–H groups in total. The van der Waals surface area contributed by atoms with E-state index in [1.807, 2.05) is 18.7 Å². The average molecular weight is 245 g/mol. The van der Waals surface area contributed by atoms with Gasteiger partial charge in [0.2, 0.25) is 0 Å². The van der Waals surface area contributed by atoms with Crippen molar-refractivity contribution in [1.82, 2.24) is 5.32 Å². The van der Waals surface area contributed by atoms with E-state index in [4.69, 9.17) is 4.74 Å². The Morgan fingerprint density at radius 1 is 1.44 bits per heavy atom. The number of nitrogens with one attached hydrogen (secondary N) is 1. The molecular formula is C12H23NO2S. The van der Waals surface area contributed by atoms with E-state index in [2.05, 4.69) is 11.6 Å². The maximum atomic E-state index is 11.3. The minimum atomic E-state index is -0.198. The van der Waals surface area contributed by atoms with Crippen LogP contribution in [0.15, 0.2) is 0 Å². The van der Waals surface area contributed by atoms with Crippen molar-refractivity contribution < 1.29 is 9.53 Å². The van der Waals surface area contributed by atoms with Gasteiger partial charge in [0.1, 0.15) is 6.04 Å². The Labute approximate surface area is 103 Å². The van der Waals surface area contributed by atoms with Crippen molar-refractivity contribution in [3.05, 3.63) is 0 Å². The van der Waals surface area contributed by atoms with Gasteiger partial charge in [0.25, 0.3) is 0 Å². The van der Waals surface area contributed by atoms with Gasteiger partial charge in [-0.3, -0.25) is 4.79 Å². The summed E-state index contributed by atoms with van der Waals surface area (Å²) < 4.78 is 5.04. The molecule has 0 heterocycles. The first-order chi connectivity index (χ1) is 7.63. The third kappa shape index (κ3) is 3.67. The van der Waals surface area contributed by atoms with Crippen LogP contribution < -0.4 is 5.32 Å². The molecule has 0 aromatic heterocycles. The minimum absolute atomic E-state index is 0.174. The zero-order valence-corrected chi connectivity index (χ0v) is 11.4. The number of hydrogen-bond acceptors (Lipinski definition) is 4. The summed E-state index contributed by atoms with van der Waals surface area (Å²) >= 11 is 1.94. The number of carbonyl (C=O) groups excluding carboxylic acids is 1. The summed E-state index contributed by atoms with van der Waals surface area (Å²) in [5.74, 6) is -0.174. The molecule has 0 spiro atoms. The van der Waals surface area contributed by atoms with Crippen molar-refractivity contribution in [2.75, 3.05) is 19.9 Å². The third-order valence-corrected chi connectivity index (χ3v) is 4.90. The first-order valence-corrected chi connectivity index (χ1v) is 7.22. The van der Waals surface area contributed by atoms with Crippen LogP contribution in [0.4, 0.5) is 0 Å². The Morgan fingerprint density at radius 2 is 2.06 bits per heavy atom. The standard InChI is InChI=1S/C12H23NO2S/c1-10(11(14)15-2)13-9-12(16-3)7-5-4-6-8-12/h10,13H,4-9H2,1-3H3. The Bertz CT molecular complexity index is 227. The summed E-state index contributed by atoms with van der Waals surface area (Å²) in [5, 5.41) is 3.30. The smallest absolute Gasteiger partial charge is 0.322 e. The largest absolute Gasteiger partial charge is 0.468 e. The van der Waals surface area contributed by atoms with Gasteiger partial charge in [0.05, 0.1) is 7.11 Å². The van der Waals surface area contributed by atoms with Crippen molar-refractivity contribution in [1.29, 1.82) is 0 Å². The van der Waals surface area contributed by atoms with E-state index in [1.165, 1.54) is 39.2 Å². The van der Waals surface area contributed by atoms with Gasteiger partial charge in [-0.2, -0.15) is 11.8 Å². The average Bonchev–Trinajstić information content (AvgIpc) is 2.36. The van der Waals surface area contributed by atoms with E-state index in [1.54, 1.807) is 0 Å². The fourth-order valence-corrected chi connectivity index (χ4v) is 3.17. The van der Waals surface area contributed by atoms with E-state index in [0.717, 1.165) is 6.54 Å². The van der Waals surface area contributed by atoms with Gasteiger partial charge in [-0.05, 0) is 26.0 Å². The molecule has 0 aromatic rings. The molecule has 1 aliphatic rings. The number of esters is 1. The molecule has 4 heteroatoms. The normalized spacial score (nSPS) is 21.4. The van der Waals surface area contributed by atoms with E-state index in [0.29, 0.717) is 4.75 Å². The molecule has 1 rings (SSSR count).